The zero-order valence-corrected chi connectivity index (χ0v) is 14.9. The molecule has 2 N–H and O–H groups in total. The van der Waals surface area contributed by atoms with Gasteiger partial charge in [0.1, 0.15) is 5.76 Å². The summed E-state index contributed by atoms with van der Waals surface area (Å²) in [5.41, 5.74) is 1.31. The van der Waals surface area contributed by atoms with E-state index in [0.717, 1.165) is 0 Å². The van der Waals surface area contributed by atoms with Crippen molar-refractivity contribution in [2.75, 3.05) is 5.32 Å². The third kappa shape index (κ3) is 4.61. The molecule has 0 saturated heterocycles. The molecule has 1 heterocycles. The quantitative estimate of drug-likeness (QED) is 0.682. The van der Waals surface area contributed by atoms with Crippen molar-refractivity contribution >= 4 is 21.6 Å². The van der Waals surface area contributed by atoms with Gasteiger partial charge in [-0.2, -0.15) is 5.26 Å². The van der Waals surface area contributed by atoms with Crippen LogP contribution in [-0.4, -0.2) is 14.3 Å². The second kappa shape index (κ2) is 7.86. The molecule has 0 aliphatic carbocycles. The van der Waals surface area contributed by atoms with Crippen molar-refractivity contribution in [2.24, 2.45) is 0 Å². The molecule has 0 radical (unpaired) electrons. The number of carbonyl (C=O) groups is 1. The largest absolute Gasteiger partial charge is 0.468 e. The molecule has 3 aromatic rings. The van der Waals surface area contributed by atoms with Crippen LogP contribution in [0.4, 0.5) is 5.69 Å². The van der Waals surface area contributed by atoms with Crippen molar-refractivity contribution in [3.05, 3.63) is 83.8 Å². The first-order chi connectivity index (χ1) is 13.0. The van der Waals surface area contributed by atoms with E-state index in [2.05, 4.69) is 10.0 Å². The first-order valence-corrected chi connectivity index (χ1v) is 9.40. The topological polar surface area (TPSA) is 112 Å². The number of hydrogen-bond donors (Lipinski definition) is 2. The minimum absolute atomic E-state index is 0.0481. The Morgan fingerprint density at radius 2 is 1.74 bits per heavy atom. The number of furan rings is 1. The third-order valence-electron chi connectivity index (χ3n) is 3.72. The maximum atomic E-state index is 12.3. The lowest BCUT2D eigenvalue weighted by Crippen LogP contribution is -2.23. The molecule has 0 saturated carbocycles. The summed E-state index contributed by atoms with van der Waals surface area (Å²) in [7, 11) is -3.69. The van der Waals surface area contributed by atoms with Crippen LogP contribution in [-0.2, 0) is 16.6 Å². The Morgan fingerprint density at radius 1 is 1.04 bits per heavy atom. The SMILES string of the molecule is N#Cc1ccc(C(=O)Nc2ccc(S(=O)(=O)NCc3ccco3)cc2)cc1. The third-order valence-corrected chi connectivity index (χ3v) is 5.13. The molecule has 1 aromatic heterocycles. The predicted octanol–water partition coefficient (Wildman–Crippen LogP) is 2.88. The van der Waals surface area contributed by atoms with Gasteiger partial charge in [0.25, 0.3) is 5.91 Å². The summed E-state index contributed by atoms with van der Waals surface area (Å²) < 4.78 is 32.1. The van der Waals surface area contributed by atoms with Crippen molar-refractivity contribution in [2.45, 2.75) is 11.4 Å². The number of carbonyl (C=O) groups excluding carboxylic acids is 1. The maximum Gasteiger partial charge on any atom is 0.255 e. The average molecular weight is 381 g/mol. The van der Waals surface area contributed by atoms with Gasteiger partial charge in [-0.05, 0) is 60.7 Å². The monoisotopic (exact) mass is 381 g/mol. The Bertz CT molecular complexity index is 1070. The van der Waals surface area contributed by atoms with Gasteiger partial charge in [0.05, 0.1) is 29.3 Å². The number of amides is 1. The summed E-state index contributed by atoms with van der Waals surface area (Å²) in [5.74, 6) is 0.149. The van der Waals surface area contributed by atoms with Crippen molar-refractivity contribution < 1.29 is 17.6 Å². The van der Waals surface area contributed by atoms with Crippen molar-refractivity contribution in [1.29, 1.82) is 5.26 Å². The van der Waals surface area contributed by atoms with E-state index in [4.69, 9.17) is 9.68 Å². The summed E-state index contributed by atoms with van der Waals surface area (Å²) in [6, 6.07) is 17.3. The highest BCUT2D eigenvalue weighted by Crippen LogP contribution is 2.16. The summed E-state index contributed by atoms with van der Waals surface area (Å²) in [6.07, 6.45) is 1.47. The van der Waals surface area contributed by atoms with Gasteiger partial charge in [-0.3, -0.25) is 4.79 Å². The van der Waals surface area contributed by atoms with Crippen LogP contribution in [0.3, 0.4) is 0 Å². The van der Waals surface area contributed by atoms with E-state index in [1.54, 1.807) is 36.4 Å². The number of nitrogens with zero attached hydrogens (tertiary/aromatic N) is 1. The molecule has 7 nitrogen and oxygen atoms in total. The predicted molar refractivity (Wildman–Crippen MR) is 98.3 cm³/mol. The van der Waals surface area contributed by atoms with Gasteiger partial charge < -0.3 is 9.73 Å². The molecule has 2 aromatic carbocycles. The van der Waals surface area contributed by atoms with Crippen LogP contribution in [0.2, 0.25) is 0 Å². The molecular weight excluding hydrogens is 366 g/mol. The lowest BCUT2D eigenvalue weighted by molar-refractivity contribution is 0.102. The number of nitrogens with one attached hydrogen (secondary N) is 2. The van der Waals surface area contributed by atoms with Crippen LogP contribution in [0.15, 0.2) is 76.2 Å². The molecule has 3 rings (SSSR count). The molecule has 0 atom stereocenters. The fourth-order valence-electron chi connectivity index (χ4n) is 2.28. The molecule has 8 heteroatoms. The first kappa shape index (κ1) is 18.4. The Balaban J connectivity index is 1.65. The van der Waals surface area contributed by atoms with Gasteiger partial charge in [0.15, 0.2) is 0 Å². The lowest BCUT2D eigenvalue weighted by atomic mass is 10.1. The Labute approximate surface area is 156 Å². The van der Waals surface area contributed by atoms with Crippen LogP contribution in [0.5, 0.6) is 0 Å². The molecule has 0 aliphatic heterocycles. The molecule has 27 heavy (non-hydrogen) atoms. The van der Waals surface area contributed by atoms with E-state index in [0.29, 0.717) is 22.6 Å². The zero-order chi connectivity index (χ0) is 19.3. The van der Waals surface area contributed by atoms with E-state index >= 15 is 0 Å². The van der Waals surface area contributed by atoms with Crippen LogP contribution in [0, 0.1) is 11.3 Å². The number of anilines is 1. The van der Waals surface area contributed by atoms with Gasteiger partial charge in [-0.15, -0.1) is 0 Å². The Kier molecular flexibility index (Phi) is 5.35. The van der Waals surface area contributed by atoms with E-state index < -0.39 is 10.0 Å². The van der Waals surface area contributed by atoms with Crippen LogP contribution >= 0.6 is 0 Å². The van der Waals surface area contributed by atoms with Crippen LogP contribution in [0.25, 0.3) is 0 Å². The summed E-state index contributed by atoms with van der Waals surface area (Å²) in [5, 5.41) is 11.5. The van der Waals surface area contributed by atoms with E-state index in [-0.39, 0.29) is 17.3 Å². The van der Waals surface area contributed by atoms with Crippen molar-refractivity contribution in [3.63, 3.8) is 0 Å². The van der Waals surface area contributed by atoms with Gasteiger partial charge in [0, 0.05) is 11.3 Å². The fourth-order valence-corrected chi connectivity index (χ4v) is 3.27. The molecule has 0 aliphatic rings. The molecule has 0 unspecified atom stereocenters. The van der Waals surface area contributed by atoms with Gasteiger partial charge >= 0.3 is 0 Å². The minimum atomic E-state index is -3.69. The Hall–Kier alpha value is -3.41. The fraction of sp³-hybridized carbons (Fsp3) is 0.0526. The number of hydrogen-bond acceptors (Lipinski definition) is 5. The van der Waals surface area contributed by atoms with Crippen LogP contribution in [0.1, 0.15) is 21.7 Å². The lowest BCUT2D eigenvalue weighted by Gasteiger charge is -2.08. The van der Waals surface area contributed by atoms with E-state index in [1.807, 2.05) is 6.07 Å². The summed E-state index contributed by atoms with van der Waals surface area (Å²) in [6.45, 7) is 0.0481. The van der Waals surface area contributed by atoms with Crippen LogP contribution < -0.4 is 10.0 Å². The summed E-state index contributed by atoms with van der Waals surface area (Å²) in [4.78, 5) is 12.3. The van der Waals surface area contributed by atoms with Gasteiger partial charge in [0.2, 0.25) is 10.0 Å². The smallest absolute Gasteiger partial charge is 0.255 e. The molecule has 0 bridgehead atoms. The molecule has 1 amide bonds. The molecule has 0 spiro atoms. The molecule has 0 fully saturated rings. The highest BCUT2D eigenvalue weighted by atomic mass is 32.2. The molecule has 136 valence electrons. The van der Waals surface area contributed by atoms with Gasteiger partial charge in [-0.1, -0.05) is 0 Å². The normalized spacial score (nSPS) is 10.9. The second-order valence-corrected chi connectivity index (χ2v) is 7.34. The average Bonchev–Trinajstić information content (AvgIpc) is 3.21. The first-order valence-electron chi connectivity index (χ1n) is 7.91. The summed E-state index contributed by atoms with van der Waals surface area (Å²) >= 11 is 0. The number of benzene rings is 2. The standard InChI is InChI=1S/C19H15N3O4S/c20-12-14-3-5-15(6-4-14)19(23)22-16-7-9-18(10-8-16)27(24,25)21-13-17-2-1-11-26-17/h1-11,21H,13H2,(H,22,23). The number of rotatable bonds is 6. The number of nitriles is 1. The van der Waals surface area contributed by atoms with Crippen molar-refractivity contribution in [1.82, 2.24) is 4.72 Å². The highest BCUT2D eigenvalue weighted by Gasteiger charge is 2.14. The Morgan fingerprint density at radius 3 is 2.33 bits per heavy atom. The van der Waals surface area contributed by atoms with Gasteiger partial charge in [-0.25, -0.2) is 13.1 Å². The van der Waals surface area contributed by atoms with E-state index in [9.17, 15) is 13.2 Å². The number of sulfonamides is 1. The zero-order valence-electron chi connectivity index (χ0n) is 14.0. The van der Waals surface area contributed by atoms with E-state index in [1.165, 1.54) is 30.5 Å². The minimum Gasteiger partial charge on any atom is -0.468 e. The second-order valence-electron chi connectivity index (χ2n) is 5.57. The maximum absolute atomic E-state index is 12.3. The highest BCUT2D eigenvalue weighted by molar-refractivity contribution is 7.89. The molecular formula is C19H15N3O4S. The van der Waals surface area contributed by atoms with Crippen molar-refractivity contribution in [3.8, 4) is 6.07 Å².